The quantitative estimate of drug-likeness (QED) is 0.371. The van der Waals surface area contributed by atoms with Crippen molar-refractivity contribution in [2.45, 2.75) is 45.8 Å². The molecule has 0 rings (SSSR count). The second kappa shape index (κ2) is 6.27. The molecule has 70 valence electrons. The molecule has 0 unspecified atom stereocenters. The highest BCUT2D eigenvalue weighted by molar-refractivity contribution is 6.69. The summed E-state index contributed by atoms with van der Waals surface area (Å²) in [6.45, 7) is 9.56. The summed E-state index contributed by atoms with van der Waals surface area (Å²) in [5.41, 5.74) is 0. The average Bonchev–Trinajstić information content (AvgIpc) is 1.94. The predicted octanol–water partition coefficient (Wildman–Crippen LogP) is 3.03. The highest BCUT2D eigenvalue weighted by atomic mass is 28.4. The third-order valence-corrected chi connectivity index (χ3v) is 2.33. The molecule has 0 saturated heterocycles. The lowest BCUT2D eigenvalue weighted by atomic mass is 10.3. The van der Waals surface area contributed by atoms with Gasteiger partial charge in [-0.3, -0.25) is 0 Å². The maximum atomic E-state index is 5.65. The van der Waals surface area contributed by atoms with Crippen LogP contribution in [-0.2, 0) is 4.43 Å². The fourth-order valence-electron chi connectivity index (χ4n) is 0.710. The van der Waals surface area contributed by atoms with Gasteiger partial charge in [-0.25, -0.2) is 0 Å². The summed E-state index contributed by atoms with van der Waals surface area (Å²) in [6.07, 6.45) is 3.07. The monoisotopic (exact) mass is 184 g/mol. The van der Waals surface area contributed by atoms with Crippen molar-refractivity contribution in [1.29, 1.82) is 0 Å². The van der Waals surface area contributed by atoms with Crippen molar-refractivity contribution in [1.82, 2.24) is 0 Å². The highest BCUT2D eigenvalue weighted by Crippen LogP contribution is 2.02. The van der Waals surface area contributed by atoms with Crippen molar-refractivity contribution in [3.63, 3.8) is 0 Å². The SMILES string of the molecule is CCCC#CCCO[Si](C)(C)C. The molecule has 0 aliphatic heterocycles. The molecule has 1 nitrogen and oxygen atoms in total. The Hall–Kier alpha value is -0.263. The van der Waals surface area contributed by atoms with Crippen molar-refractivity contribution in [3.8, 4) is 11.8 Å². The number of unbranched alkanes of at least 4 members (excludes halogenated alkanes) is 1. The van der Waals surface area contributed by atoms with Gasteiger partial charge >= 0.3 is 0 Å². The molecule has 0 aliphatic carbocycles. The smallest absolute Gasteiger partial charge is 0.183 e. The van der Waals surface area contributed by atoms with Gasteiger partial charge in [-0.15, -0.1) is 11.8 Å². The first kappa shape index (κ1) is 11.7. The molecule has 0 aliphatic rings. The fraction of sp³-hybridized carbons (Fsp3) is 0.800. The molecule has 0 aromatic rings. The molecule has 0 fully saturated rings. The van der Waals surface area contributed by atoms with E-state index in [9.17, 15) is 0 Å². The maximum absolute atomic E-state index is 5.65. The summed E-state index contributed by atoms with van der Waals surface area (Å²) in [7, 11) is -1.29. The summed E-state index contributed by atoms with van der Waals surface area (Å²) in [4.78, 5) is 0. The van der Waals surface area contributed by atoms with Crippen LogP contribution in [0.4, 0.5) is 0 Å². The van der Waals surface area contributed by atoms with E-state index in [4.69, 9.17) is 4.43 Å². The zero-order chi connectivity index (χ0) is 9.45. The van der Waals surface area contributed by atoms with Gasteiger partial charge in [-0.2, -0.15) is 0 Å². The van der Waals surface area contributed by atoms with Crippen LogP contribution in [0.1, 0.15) is 26.2 Å². The Bertz CT molecular complexity index is 159. The first-order valence-electron chi connectivity index (χ1n) is 4.66. The second-order valence-electron chi connectivity index (χ2n) is 3.81. The van der Waals surface area contributed by atoms with Crippen molar-refractivity contribution >= 4 is 8.32 Å². The molecular weight excluding hydrogens is 164 g/mol. The maximum Gasteiger partial charge on any atom is 0.183 e. The minimum atomic E-state index is -1.29. The number of hydrogen-bond acceptors (Lipinski definition) is 1. The Kier molecular flexibility index (Phi) is 6.14. The molecule has 12 heavy (non-hydrogen) atoms. The largest absolute Gasteiger partial charge is 0.417 e. The fourth-order valence-corrected chi connectivity index (χ4v) is 1.42. The topological polar surface area (TPSA) is 9.23 Å². The van der Waals surface area contributed by atoms with E-state index in [1.54, 1.807) is 0 Å². The zero-order valence-corrected chi connectivity index (χ0v) is 9.74. The van der Waals surface area contributed by atoms with Crippen LogP contribution < -0.4 is 0 Å². The van der Waals surface area contributed by atoms with Gasteiger partial charge in [0.2, 0.25) is 0 Å². The lowest BCUT2D eigenvalue weighted by molar-refractivity contribution is 0.321. The molecule has 0 N–H and O–H groups in total. The summed E-state index contributed by atoms with van der Waals surface area (Å²) < 4.78 is 5.65. The Balaban J connectivity index is 3.29. The molecule has 0 amide bonds. The van der Waals surface area contributed by atoms with E-state index in [-0.39, 0.29) is 0 Å². The van der Waals surface area contributed by atoms with Gasteiger partial charge in [0.25, 0.3) is 0 Å². The van der Waals surface area contributed by atoms with Gasteiger partial charge in [0.15, 0.2) is 8.32 Å². The molecule has 0 heterocycles. The van der Waals surface area contributed by atoms with Gasteiger partial charge < -0.3 is 4.43 Å². The van der Waals surface area contributed by atoms with E-state index in [1.807, 2.05) is 0 Å². The van der Waals surface area contributed by atoms with Crippen LogP contribution in [0.5, 0.6) is 0 Å². The molecular formula is C10H20OSi. The molecule has 0 spiro atoms. The Morgan fingerprint density at radius 3 is 2.17 bits per heavy atom. The summed E-state index contributed by atoms with van der Waals surface area (Å²) >= 11 is 0. The number of rotatable bonds is 4. The van der Waals surface area contributed by atoms with Crippen LogP contribution in [-0.4, -0.2) is 14.9 Å². The van der Waals surface area contributed by atoms with Crippen molar-refractivity contribution < 1.29 is 4.43 Å². The van der Waals surface area contributed by atoms with Gasteiger partial charge in [-0.05, 0) is 26.1 Å². The van der Waals surface area contributed by atoms with Gasteiger partial charge in [0.1, 0.15) is 0 Å². The molecule has 0 radical (unpaired) electrons. The summed E-state index contributed by atoms with van der Waals surface area (Å²) in [6, 6.07) is 0. The predicted molar refractivity (Wildman–Crippen MR) is 56.6 cm³/mol. The molecule has 0 saturated carbocycles. The van der Waals surface area contributed by atoms with E-state index in [0.29, 0.717) is 0 Å². The first-order valence-corrected chi connectivity index (χ1v) is 8.07. The second-order valence-corrected chi connectivity index (χ2v) is 8.33. The Morgan fingerprint density at radius 1 is 1.08 bits per heavy atom. The van der Waals surface area contributed by atoms with E-state index >= 15 is 0 Å². The van der Waals surface area contributed by atoms with Gasteiger partial charge in [0, 0.05) is 19.4 Å². The normalized spacial score (nSPS) is 10.7. The summed E-state index contributed by atoms with van der Waals surface area (Å²) in [5, 5.41) is 0. The number of hydrogen-bond donors (Lipinski definition) is 0. The van der Waals surface area contributed by atoms with Crippen LogP contribution >= 0.6 is 0 Å². The van der Waals surface area contributed by atoms with Gasteiger partial charge in [0.05, 0.1) is 0 Å². The van der Waals surface area contributed by atoms with Crippen LogP contribution in [0.25, 0.3) is 0 Å². The zero-order valence-electron chi connectivity index (χ0n) is 8.74. The van der Waals surface area contributed by atoms with Crippen LogP contribution in [0.3, 0.4) is 0 Å². The average molecular weight is 184 g/mol. The van der Waals surface area contributed by atoms with Gasteiger partial charge in [-0.1, -0.05) is 6.92 Å². The Morgan fingerprint density at radius 2 is 1.67 bits per heavy atom. The summed E-state index contributed by atoms with van der Waals surface area (Å²) in [5.74, 6) is 6.21. The third-order valence-electron chi connectivity index (χ3n) is 1.26. The van der Waals surface area contributed by atoms with Crippen LogP contribution in [0, 0.1) is 11.8 Å². The Labute approximate surface area is 77.6 Å². The lowest BCUT2D eigenvalue weighted by Crippen LogP contribution is -2.25. The third kappa shape index (κ3) is 9.74. The van der Waals surface area contributed by atoms with E-state index in [0.717, 1.165) is 25.9 Å². The minimum Gasteiger partial charge on any atom is -0.417 e. The van der Waals surface area contributed by atoms with Crippen molar-refractivity contribution in [2.75, 3.05) is 6.61 Å². The molecule has 0 aromatic carbocycles. The highest BCUT2D eigenvalue weighted by Gasteiger charge is 2.12. The molecule has 0 aromatic heterocycles. The standard InChI is InChI=1S/C10H20OSi/c1-5-6-7-8-9-10-11-12(2,3)4/h5-6,9-10H2,1-4H3. The van der Waals surface area contributed by atoms with E-state index in [2.05, 4.69) is 38.4 Å². The first-order chi connectivity index (χ1) is 5.56. The van der Waals surface area contributed by atoms with E-state index in [1.165, 1.54) is 0 Å². The lowest BCUT2D eigenvalue weighted by Gasteiger charge is -2.15. The molecule has 2 heteroatoms. The van der Waals surface area contributed by atoms with Crippen molar-refractivity contribution in [3.05, 3.63) is 0 Å². The van der Waals surface area contributed by atoms with E-state index < -0.39 is 8.32 Å². The molecule has 0 atom stereocenters. The minimum absolute atomic E-state index is 0.812. The molecule has 0 bridgehead atoms. The van der Waals surface area contributed by atoms with Crippen LogP contribution in [0.2, 0.25) is 19.6 Å². The van der Waals surface area contributed by atoms with Crippen LogP contribution in [0.15, 0.2) is 0 Å². The van der Waals surface area contributed by atoms with Crippen molar-refractivity contribution in [2.24, 2.45) is 0 Å².